The summed E-state index contributed by atoms with van der Waals surface area (Å²) in [6.45, 7) is 2.13. The van der Waals surface area contributed by atoms with Gasteiger partial charge in [-0.25, -0.2) is 4.98 Å². The van der Waals surface area contributed by atoms with Crippen LogP contribution in [0.1, 0.15) is 17.3 Å². The molecule has 0 saturated carbocycles. The van der Waals surface area contributed by atoms with Crippen LogP contribution in [0.15, 0.2) is 48.7 Å². The van der Waals surface area contributed by atoms with E-state index in [1.54, 1.807) is 37.4 Å². The van der Waals surface area contributed by atoms with E-state index in [4.69, 9.17) is 5.11 Å². The third-order valence-electron chi connectivity index (χ3n) is 2.64. The van der Waals surface area contributed by atoms with Gasteiger partial charge in [0.05, 0.1) is 18.0 Å². The van der Waals surface area contributed by atoms with Crippen molar-refractivity contribution in [1.82, 2.24) is 4.98 Å². The van der Waals surface area contributed by atoms with Crippen LogP contribution in [-0.4, -0.2) is 28.6 Å². The Labute approximate surface area is 117 Å². The van der Waals surface area contributed by atoms with Gasteiger partial charge in [0.1, 0.15) is 5.82 Å². The number of anilines is 2. The van der Waals surface area contributed by atoms with Crippen molar-refractivity contribution in [3.05, 3.63) is 54.2 Å². The lowest BCUT2D eigenvalue weighted by Crippen LogP contribution is -2.16. The van der Waals surface area contributed by atoms with Gasteiger partial charge in [0.2, 0.25) is 0 Å². The molecule has 3 N–H and O–H groups in total. The number of hydrogen-bond donors (Lipinski definition) is 3. The number of benzene rings is 1. The van der Waals surface area contributed by atoms with Gasteiger partial charge in [-0.2, -0.15) is 0 Å². The quantitative estimate of drug-likeness (QED) is 0.778. The minimum atomic E-state index is -0.436. The molecule has 0 spiro atoms. The van der Waals surface area contributed by atoms with E-state index in [1.165, 1.54) is 0 Å². The van der Waals surface area contributed by atoms with E-state index in [9.17, 15) is 4.79 Å². The monoisotopic (exact) mass is 271 g/mol. The number of rotatable bonds is 5. The molecule has 5 nitrogen and oxygen atoms in total. The maximum Gasteiger partial charge on any atom is 0.255 e. The summed E-state index contributed by atoms with van der Waals surface area (Å²) >= 11 is 0. The van der Waals surface area contributed by atoms with E-state index in [0.717, 1.165) is 0 Å². The molecule has 1 heterocycles. The van der Waals surface area contributed by atoms with E-state index < -0.39 is 6.10 Å². The highest BCUT2D eigenvalue weighted by molar-refractivity contribution is 6.04. The number of carbonyl (C=O) groups excluding carboxylic acids is 1. The number of amides is 1. The summed E-state index contributed by atoms with van der Waals surface area (Å²) in [7, 11) is 0. The molecule has 1 aromatic heterocycles. The number of carbonyl (C=O) groups is 1. The number of nitrogens with one attached hydrogen (secondary N) is 2. The molecular formula is C15H17N3O2. The third-order valence-corrected chi connectivity index (χ3v) is 2.64. The smallest absolute Gasteiger partial charge is 0.255 e. The zero-order valence-corrected chi connectivity index (χ0v) is 11.2. The predicted octanol–water partition coefficient (Wildman–Crippen LogP) is 2.13. The Morgan fingerprint density at radius 1 is 1.25 bits per heavy atom. The van der Waals surface area contributed by atoms with Crippen molar-refractivity contribution in [2.75, 3.05) is 17.2 Å². The molecule has 1 unspecified atom stereocenters. The van der Waals surface area contributed by atoms with Crippen LogP contribution in [0.4, 0.5) is 11.5 Å². The molecular weight excluding hydrogens is 254 g/mol. The van der Waals surface area contributed by atoms with E-state index >= 15 is 0 Å². The fourth-order valence-electron chi connectivity index (χ4n) is 1.62. The number of nitrogens with zero attached hydrogens (tertiary/aromatic N) is 1. The highest BCUT2D eigenvalue weighted by Crippen LogP contribution is 2.11. The summed E-state index contributed by atoms with van der Waals surface area (Å²) in [6, 6.07) is 12.5. The Morgan fingerprint density at radius 2 is 2.00 bits per heavy atom. The Kier molecular flexibility index (Phi) is 4.68. The second-order valence-electron chi connectivity index (χ2n) is 4.48. The molecule has 1 amide bonds. The van der Waals surface area contributed by atoms with E-state index in [-0.39, 0.29) is 5.91 Å². The largest absolute Gasteiger partial charge is 0.392 e. The topological polar surface area (TPSA) is 74.2 Å². The molecule has 0 aliphatic rings. The van der Waals surface area contributed by atoms with Gasteiger partial charge in [-0.3, -0.25) is 4.79 Å². The lowest BCUT2D eigenvalue weighted by atomic mass is 10.2. The van der Waals surface area contributed by atoms with Crippen molar-refractivity contribution in [3.63, 3.8) is 0 Å². The molecule has 0 bridgehead atoms. The van der Waals surface area contributed by atoms with Crippen LogP contribution >= 0.6 is 0 Å². The third kappa shape index (κ3) is 4.07. The zero-order chi connectivity index (χ0) is 14.4. The standard InChI is InChI=1S/C15H17N3O2/c1-11(19)9-16-14-8-7-13(10-17-14)18-15(20)12-5-3-2-4-6-12/h2-8,10-11,19H,9H2,1H3,(H,16,17)(H,18,20). The Morgan fingerprint density at radius 3 is 2.60 bits per heavy atom. The fraction of sp³-hybridized carbons (Fsp3) is 0.200. The van der Waals surface area contributed by atoms with Crippen LogP contribution in [0.2, 0.25) is 0 Å². The molecule has 0 saturated heterocycles. The Balaban J connectivity index is 1.95. The first-order valence-corrected chi connectivity index (χ1v) is 6.39. The van der Waals surface area contributed by atoms with Gasteiger partial charge in [0.25, 0.3) is 5.91 Å². The summed E-state index contributed by atoms with van der Waals surface area (Å²) in [4.78, 5) is 16.1. The molecule has 20 heavy (non-hydrogen) atoms. The van der Waals surface area contributed by atoms with Crippen LogP contribution in [0, 0.1) is 0 Å². The molecule has 0 radical (unpaired) electrons. The Hall–Kier alpha value is -2.40. The maximum absolute atomic E-state index is 11.9. The van der Waals surface area contributed by atoms with Crippen molar-refractivity contribution in [3.8, 4) is 0 Å². The van der Waals surface area contributed by atoms with Crippen LogP contribution in [0.5, 0.6) is 0 Å². The second-order valence-corrected chi connectivity index (χ2v) is 4.48. The molecule has 1 atom stereocenters. The first-order valence-electron chi connectivity index (χ1n) is 6.39. The highest BCUT2D eigenvalue weighted by atomic mass is 16.3. The van der Waals surface area contributed by atoms with Gasteiger partial charge in [-0.1, -0.05) is 18.2 Å². The molecule has 0 aliphatic heterocycles. The number of pyridine rings is 1. The minimum Gasteiger partial charge on any atom is -0.392 e. The number of aliphatic hydroxyl groups excluding tert-OH is 1. The van der Waals surface area contributed by atoms with E-state index in [2.05, 4.69) is 15.6 Å². The van der Waals surface area contributed by atoms with Crippen LogP contribution in [-0.2, 0) is 0 Å². The van der Waals surface area contributed by atoms with Crippen LogP contribution < -0.4 is 10.6 Å². The van der Waals surface area contributed by atoms with Crippen molar-refractivity contribution in [1.29, 1.82) is 0 Å². The lowest BCUT2D eigenvalue weighted by molar-refractivity contribution is 0.102. The second kappa shape index (κ2) is 6.68. The maximum atomic E-state index is 11.9. The van der Waals surface area contributed by atoms with Gasteiger partial charge in [0, 0.05) is 12.1 Å². The van der Waals surface area contributed by atoms with Crippen LogP contribution in [0.3, 0.4) is 0 Å². The summed E-state index contributed by atoms with van der Waals surface area (Å²) < 4.78 is 0. The number of hydrogen-bond acceptors (Lipinski definition) is 4. The van der Waals surface area contributed by atoms with Crippen LogP contribution in [0.25, 0.3) is 0 Å². The molecule has 0 aliphatic carbocycles. The van der Waals surface area contributed by atoms with E-state index in [1.807, 2.05) is 18.2 Å². The van der Waals surface area contributed by atoms with Crippen molar-refractivity contribution < 1.29 is 9.90 Å². The average Bonchev–Trinajstić information content (AvgIpc) is 2.47. The van der Waals surface area contributed by atoms with Gasteiger partial charge < -0.3 is 15.7 Å². The summed E-state index contributed by atoms with van der Waals surface area (Å²) in [5, 5.41) is 14.9. The average molecular weight is 271 g/mol. The predicted molar refractivity (Wildman–Crippen MR) is 78.8 cm³/mol. The minimum absolute atomic E-state index is 0.169. The fourth-order valence-corrected chi connectivity index (χ4v) is 1.62. The van der Waals surface area contributed by atoms with Crippen molar-refractivity contribution in [2.45, 2.75) is 13.0 Å². The lowest BCUT2D eigenvalue weighted by Gasteiger charge is -2.09. The Bertz CT molecular complexity index is 553. The van der Waals surface area contributed by atoms with Gasteiger partial charge in [-0.05, 0) is 31.2 Å². The highest BCUT2D eigenvalue weighted by Gasteiger charge is 2.05. The van der Waals surface area contributed by atoms with Gasteiger partial charge in [-0.15, -0.1) is 0 Å². The molecule has 104 valence electrons. The number of aliphatic hydroxyl groups is 1. The number of aromatic nitrogens is 1. The summed E-state index contributed by atoms with van der Waals surface area (Å²) in [6.07, 6.45) is 1.14. The van der Waals surface area contributed by atoms with E-state index in [0.29, 0.717) is 23.6 Å². The normalized spacial score (nSPS) is 11.7. The van der Waals surface area contributed by atoms with Crippen molar-refractivity contribution in [2.24, 2.45) is 0 Å². The molecule has 1 aromatic carbocycles. The summed E-state index contributed by atoms with van der Waals surface area (Å²) in [5.41, 5.74) is 1.23. The SMILES string of the molecule is CC(O)CNc1ccc(NC(=O)c2ccccc2)cn1. The van der Waals surface area contributed by atoms with Gasteiger partial charge in [0.15, 0.2) is 0 Å². The molecule has 0 fully saturated rings. The molecule has 5 heteroatoms. The first-order chi connectivity index (χ1) is 9.65. The summed E-state index contributed by atoms with van der Waals surface area (Å²) in [5.74, 6) is 0.487. The molecule has 2 aromatic rings. The van der Waals surface area contributed by atoms with Gasteiger partial charge >= 0.3 is 0 Å². The zero-order valence-electron chi connectivity index (χ0n) is 11.2. The molecule has 2 rings (SSSR count). The van der Waals surface area contributed by atoms with Crippen molar-refractivity contribution >= 4 is 17.4 Å². The first kappa shape index (κ1) is 14.0.